The molecule has 0 aromatic heterocycles. The Bertz CT molecular complexity index is 1300. The van der Waals surface area contributed by atoms with Gasteiger partial charge in [-0.15, -0.1) is 0 Å². The van der Waals surface area contributed by atoms with Gasteiger partial charge in [-0.3, -0.25) is 23.4 Å². The molecule has 2 unspecified atom stereocenters. The van der Waals surface area contributed by atoms with Gasteiger partial charge >= 0.3 is 25.7 Å². The van der Waals surface area contributed by atoms with Crippen molar-refractivity contribution in [1.82, 2.24) is 0 Å². The molecule has 0 aliphatic heterocycles. The number of rotatable bonds is 28. The molecule has 0 rings (SSSR count). The second-order valence-electron chi connectivity index (χ2n) is 10.4. The lowest BCUT2D eigenvalue weighted by molar-refractivity contribution is -0.161. The summed E-state index contributed by atoms with van der Waals surface area (Å²) in [4.78, 5) is 45.5. The van der Waals surface area contributed by atoms with E-state index in [9.17, 15) is 23.8 Å². The number of phosphoric acid groups is 1. The molecule has 0 aromatic rings. The molecule has 0 aliphatic carbocycles. The monoisotopic (exact) mass is 715 g/mol. The molecule has 0 radical (unpaired) electrons. The van der Waals surface area contributed by atoms with Gasteiger partial charge < -0.3 is 25.2 Å². The van der Waals surface area contributed by atoms with Crippen molar-refractivity contribution in [1.29, 1.82) is 0 Å². The number of nitrogens with two attached hydrogens (primary N) is 1. The SMILES string of the molecule is CC/C=C/C=C/C=C/C=C/C=C/CCCC(=O)OCC(COP(=O)(O)OC[C@H](N)C(=O)O)OC(=O)CCC/C=C/C=C/C=C/C=C/C=C/CC. The van der Waals surface area contributed by atoms with E-state index in [1.807, 2.05) is 109 Å². The van der Waals surface area contributed by atoms with Crippen molar-refractivity contribution in [2.75, 3.05) is 19.8 Å². The van der Waals surface area contributed by atoms with Crippen LogP contribution in [0.25, 0.3) is 0 Å². The van der Waals surface area contributed by atoms with Gasteiger partial charge in [-0.05, 0) is 38.5 Å². The number of phosphoric ester groups is 1. The number of esters is 2. The maximum atomic E-state index is 12.5. The fraction of sp³-hybridized carbons (Fsp3) is 0.395. The first-order valence-corrected chi connectivity index (χ1v) is 18.2. The average molecular weight is 716 g/mol. The minimum atomic E-state index is -4.75. The van der Waals surface area contributed by atoms with Gasteiger partial charge in [-0.25, -0.2) is 4.57 Å². The molecule has 50 heavy (non-hydrogen) atoms. The third kappa shape index (κ3) is 31.2. The third-order valence-electron chi connectivity index (χ3n) is 5.96. The van der Waals surface area contributed by atoms with Crippen LogP contribution in [0.15, 0.2) is 122 Å². The molecule has 12 heteroatoms. The summed E-state index contributed by atoms with van der Waals surface area (Å²) in [6.07, 6.45) is 41.7. The van der Waals surface area contributed by atoms with Gasteiger partial charge in [-0.2, -0.15) is 0 Å². The quantitative estimate of drug-likeness (QED) is 0.0314. The van der Waals surface area contributed by atoms with Crippen molar-refractivity contribution in [3.05, 3.63) is 122 Å². The zero-order chi connectivity index (χ0) is 37.1. The maximum absolute atomic E-state index is 12.5. The van der Waals surface area contributed by atoms with Crippen LogP contribution in [0.2, 0.25) is 0 Å². The molecule has 0 fully saturated rings. The number of carbonyl (C=O) groups excluding carboxylic acids is 2. The molecule has 276 valence electrons. The minimum absolute atomic E-state index is 0.0405. The number of hydrogen-bond acceptors (Lipinski definition) is 9. The number of allylic oxidation sites excluding steroid dienone is 20. The summed E-state index contributed by atoms with van der Waals surface area (Å²) < 4.78 is 32.3. The van der Waals surface area contributed by atoms with Gasteiger partial charge in [0, 0.05) is 12.8 Å². The van der Waals surface area contributed by atoms with Gasteiger partial charge in [0.25, 0.3) is 0 Å². The Hall–Kier alpha value is -4.12. The molecule has 0 saturated heterocycles. The smallest absolute Gasteiger partial charge is 0.472 e. The number of aliphatic carboxylic acids is 1. The van der Waals surface area contributed by atoms with Crippen LogP contribution in [0.5, 0.6) is 0 Å². The predicted octanol–water partition coefficient (Wildman–Crippen LogP) is 7.71. The van der Waals surface area contributed by atoms with E-state index in [4.69, 9.17) is 24.8 Å². The second-order valence-corrected chi connectivity index (χ2v) is 11.9. The molecule has 0 spiro atoms. The Labute approximate surface area is 297 Å². The van der Waals surface area contributed by atoms with Crippen LogP contribution in [-0.2, 0) is 37.5 Å². The molecular formula is C38H54NO10P. The van der Waals surface area contributed by atoms with Crippen LogP contribution < -0.4 is 5.73 Å². The summed E-state index contributed by atoms with van der Waals surface area (Å²) in [7, 11) is -4.75. The van der Waals surface area contributed by atoms with Crippen LogP contribution >= 0.6 is 7.82 Å². The number of carboxylic acid groups (broad SMARTS) is 1. The summed E-state index contributed by atoms with van der Waals surface area (Å²) in [5, 5.41) is 8.83. The van der Waals surface area contributed by atoms with Crippen molar-refractivity contribution < 1.29 is 47.5 Å². The fourth-order valence-electron chi connectivity index (χ4n) is 3.36. The highest BCUT2D eigenvalue weighted by Gasteiger charge is 2.28. The van der Waals surface area contributed by atoms with Crippen LogP contribution in [-0.4, -0.2) is 59.9 Å². The van der Waals surface area contributed by atoms with Crippen molar-refractivity contribution in [2.24, 2.45) is 5.73 Å². The number of carboxylic acids is 1. The van der Waals surface area contributed by atoms with E-state index >= 15 is 0 Å². The lowest BCUT2D eigenvalue weighted by Gasteiger charge is -2.20. The first-order chi connectivity index (χ1) is 24.1. The first-order valence-electron chi connectivity index (χ1n) is 16.7. The lowest BCUT2D eigenvalue weighted by atomic mass is 10.2. The zero-order valence-electron chi connectivity index (χ0n) is 29.2. The lowest BCUT2D eigenvalue weighted by Crippen LogP contribution is -2.34. The van der Waals surface area contributed by atoms with E-state index in [-0.39, 0.29) is 12.8 Å². The number of unbranched alkanes of at least 4 members (excludes halogenated alkanes) is 2. The largest absolute Gasteiger partial charge is 0.480 e. The molecule has 0 heterocycles. The Balaban J connectivity index is 4.81. The van der Waals surface area contributed by atoms with Crippen molar-refractivity contribution >= 4 is 25.7 Å². The predicted molar refractivity (Wildman–Crippen MR) is 198 cm³/mol. The molecule has 0 aliphatic rings. The maximum Gasteiger partial charge on any atom is 0.472 e. The van der Waals surface area contributed by atoms with Crippen molar-refractivity contribution in [2.45, 2.75) is 77.4 Å². The van der Waals surface area contributed by atoms with Crippen LogP contribution in [0.1, 0.15) is 65.2 Å². The van der Waals surface area contributed by atoms with Gasteiger partial charge in [0.05, 0.1) is 13.2 Å². The van der Waals surface area contributed by atoms with Crippen LogP contribution in [0.3, 0.4) is 0 Å². The molecule has 11 nitrogen and oxygen atoms in total. The molecule has 0 amide bonds. The third-order valence-corrected chi connectivity index (χ3v) is 6.91. The van der Waals surface area contributed by atoms with Gasteiger partial charge in [0.1, 0.15) is 12.6 Å². The molecule has 3 atom stereocenters. The Morgan fingerprint density at radius 3 is 1.46 bits per heavy atom. The van der Waals surface area contributed by atoms with E-state index in [2.05, 4.69) is 30.5 Å². The summed E-state index contributed by atoms with van der Waals surface area (Å²) >= 11 is 0. The highest BCUT2D eigenvalue weighted by molar-refractivity contribution is 7.47. The van der Waals surface area contributed by atoms with Gasteiger partial charge in [0.15, 0.2) is 6.10 Å². The summed E-state index contributed by atoms with van der Waals surface area (Å²) in [6.45, 7) is 2.29. The molecule has 0 aromatic carbocycles. The Morgan fingerprint density at radius 2 is 1.02 bits per heavy atom. The van der Waals surface area contributed by atoms with E-state index in [0.29, 0.717) is 25.7 Å². The molecular weight excluding hydrogens is 661 g/mol. The minimum Gasteiger partial charge on any atom is -0.480 e. The van der Waals surface area contributed by atoms with Crippen molar-refractivity contribution in [3.8, 4) is 0 Å². The topological polar surface area (TPSA) is 172 Å². The standard InChI is InChI=1S/C38H54NO10P/c1-3-5-7-9-11-13-15-17-19-21-23-25-27-29-36(40)46-31-34(32-47-50(44,45)48-33-35(39)38(42)43)49-37(41)30-28-26-24-22-20-18-16-14-12-10-8-6-4-2/h5-24,34-35H,3-4,25-33,39H2,1-2H3,(H,42,43)(H,44,45)/b7-5+,8-6+,11-9+,12-10+,15-13+,16-14+,19-17+,20-18+,23-21+,24-22+/t34?,35-/m0/s1. The number of ether oxygens (including phenoxy) is 2. The van der Waals surface area contributed by atoms with Crippen molar-refractivity contribution in [3.63, 3.8) is 0 Å². The summed E-state index contributed by atoms with van der Waals surface area (Å²) in [6, 6.07) is -1.55. The normalized spacial score (nSPS) is 15.4. The summed E-state index contributed by atoms with van der Waals surface area (Å²) in [5.41, 5.74) is 5.29. The van der Waals surface area contributed by atoms with E-state index in [1.54, 1.807) is 0 Å². The van der Waals surface area contributed by atoms with Gasteiger partial charge in [-0.1, -0.05) is 135 Å². The molecule has 0 bridgehead atoms. The highest BCUT2D eigenvalue weighted by Crippen LogP contribution is 2.43. The fourth-order valence-corrected chi connectivity index (χ4v) is 4.13. The van der Waals surface area contributed by atoms with E-state index in [1.165, 1.54) is 0 Å². The van der Waals surface area contributed by atoms with Crippen LogP contribution in [0, 0.1) is 0 Å². The molecule has 0 saturated carbocycles. The Morgan fingerprint density at radius 1 is 0.620 bits per heavy atom. The van der Waals surface area contributed by atoms with E-state index < -0.39 is 57.7 Å². The first kappa shape index (κ1) is 45.9. The molecule has 4 N–H and O–H groups in total. The second kappa shape index (κ2) is 32.1. The number of carbonyl (C=O) groups is 3. The average Bonchev–Trinajstić information content (AvgIpc) is 3.09. The Kier molecular flexibility index (Phi) is 29.5. The zero-order valence-corrected chi connectivity index (χ0v) is 30.1. The van der Waals surface area contributed by atoms with Gasteiger partial charge in [0.2, 0.25) is 0 Å². The highest BCUT2D eigenvalue weighted by atomic mass is 31.2. The van der Waals surface area contributed by atoms with E-state index in [0.717, 1.165) is 12.8 Å². The number of hydrogen-bond donors (Lipinski definition) is 3. The summed E-state index contributed by atoms with van der Waals surface area (Å²) in [5.74, 6) is -2.60. The van der Waals surface area contributed by atoms with Crippen LogP contribution in [0.4, 0.5) is 0 Å².